The Morgan fingerprint density at radius 3 is 2.65 bits per heavy atom. The number of nitrogens with zero attached hydrogens (tertiary/aromatic N) is 2. The lowest BCUT2D eigenvalue weighted by Crippen LogP contribution is -2.28. The molecule has 1 aliphatic heterocycles. The summed E-state index contributed by atoms with van der Waals surface area (Å²) < 4.78 is 0. The highest BCUT2D eigenvalue weighted by atomic mass is 16.1. The van der Waals surface area contributed by atoms with E-state index in [-0.39, 0.29) is 5.91 Å². The first-order valence-corrected chi connectivity index (χ1v) is 8.21. The molecule has 0 unspecified atom stereocenters. The summed E-state index contributed by atoms with van der Waals surface area (Å²) in [7, 11) is 0. The van der Waals surface area contributed by atoms with Crippen LogP contribution in [-0.4, -0.2) is 34.2 Å². The monoisotopic (exact) mass is 313 g/mol. The van der Waals surface area contributed by atoms with Gasteiger partial charge in [-0.15, -0.1) is 0 Å². The molecule has 0 spiro atoms. The molecular weight excluding hydrogens is 290 g/mol. The molecule has 1 aromatic heterocycles. The number of piperidine rings is 1. The van der Waals surface area contributed by atoms with Crippen molar-refractivity contribution in [2.24, 2.45) is 5.92 Å². The Morgan fingerprint density at radius 1 is 1.26 bits per heavy atom. The highest BCUT2D eigenvalue weighted by Crippen LogP contribution is 2.20. The van der Waals surface area contributed by atoms with Gasteiger partial charge in [-0.1, -0.05) is 0 Å². The molecule has 122 valence electrons. The van der Waals surface area contributed by atoms with Gasteiger partial charge in [0.05, 0.1) is 0 Å². The van der Waals surface area contributed by atoms with E-state index in [1.54, 1.807) is 0 Å². The van der Waals surface area contributed by atoms with Gasteiger partial charge in [0.15, 0.2) is 5.82 Å². The number of anilines is 1. The lowest BCUT2D eigenvalue weighted by molar-refractivity contribution is -0.116. The molecule has 3 rings (SSSR count). The van der Waals surface area contributed by atoms with Crippen LogP contribution in [0.3, 0.4) is 0 Å². The van der Waals surface area contributed by atoms with Gasteiger partial charge >= 0.3 is 0 Å². The Bertz CT molecular complexity index is 643. The molecular formula is C17H23N5O. The predicted octanol–water partition coefficient (Wildman–Crippen LogP) is 2.50. The van der Waals surface area contributed by atoms with E-state index in [9.17, 15) is 4.79 Å². The van der Waals surface area contributed by atoms with E-state index in [0.717, 1.165) is 36.6 Å². The number of H-pyrrole nitrogens is 1. The second kappa shape index (κ2) is 7.37. The van der Waals surface area contributed by atoms with Gasteiger partial charge in [0, 0.05) is 17.7 Å². The van der Waals surface area contributed by atoms with Gasteiger partial charge in [-0.3, -0.25) is 9.89 Å². The molecule has 6 nitrogen and oxygen atoms in total. The average Bonchev–Trinajstić information content (AvgIpc) is 3.01. The molecule has 2 heterocycles. The molecule has 2 aromatic rings. The lowest BCUT2D eigenvalue weighted by Gasteiger charge is -2.22. The van der Waals surface area contributed by atoms with E-state index in [1.807, 2.05) is 31.2 Å². The standard InChI is InChI=1S/C17H23N5O/c1-12-19-17(22-21-12)14-3-5-15(6-4-14)20-16(23)7-2-13-8-10-18-11-9-13/h3-6,13,18H,2,7-11H2,1H3,(H,20,23)(H,19,21,22). The zero-order valence-corrected chi connectivity index (χ0v) is 13.4. The van der Waals surface area contributed by atoms with E-state index in [0.29, 0.717) is 18.2 Å². The molecule has 0 bridgehead atoms. The number of benzene rings is 1. The third kappa shape index (κ3) is 4.39. The van der Waals surface area contributed by atoms with Crippen LogP contribution in [0.25, 0.3) is 11.4 Å². The molecule has 0 atom stereocenters. The van der Waals surface area contributed by atoms with E-state index in [1.165, 1.54) is 12.8 Å². The smallest absolute Gasteiger partial charge is 0.224 e. The van der Waals surface area contributed by atoms with Gasteiger partial charge in [0.1, 0.15) is 5.82 Å². The second-order valence-electron chi connectivity index (χ2n) is 6.10. The highest BCUT2D eigenvalue weighted by molar-refractivity contribution is 5.90. The van der Waals surface area contributed by atoms with Crippen LogP contribution in [0.15, 0.2) is 24.3 Å². The van der Waals surface area contributed by atoms with E-state index < -0.39 is 0 Å². The van der Waals surface area contributed by atoms with Crippen LogP contribution >= 0.6 is 0 Å². The quantitative estimate of drug-likeness (QED) is 0.792. The Hall–Kier alpha value is -2.21. The molecule has 1 saturated heterocycles. The van der Waals surface area contributed by atoms with Crippen molar-refractivity contribution in [3.63, 3.8) is 0 Å². The molecule has 0 aliphatic carbocycles. The summed E-state index contributed by atoms with van der Waals surface area (Å²) in [4.78, 5) is 16.4. The summed E-state index contributed by atoms with van der Waals surface area (Å²) in [5, 5.41) is 13.3. The fraction of sp³-hybridized carbons (Fsp3) is 0.471. The van der Waals surface area contributed by atoms with Gasteiger partial charge in [-0.25, -0.2) is 4.98 Å². The summed E-state index contributed by atoms with van der Waals surface area (Å²) in [6, 6.07) is 7.63. The van der Waals surface area contributed by atoms with E-state index in [4.69, 9.17) is 0 Å². The number of hydrogen-bond acceptors (Lipinski definition) is 4. The molecule has 0 radical (unpaired) electrons. The molecule has 23 heavy (non-hydrogen) atoms. The molecule has 3 N–H and O–H groups in total. The van der Waals surface area contributed by atoms with Gasteiger partial charge in [0.2, 0.25) is 5.91 Å². The van der Waals surface area contributed by atoms with E-state index in [2.05, 4.69) is 25.8 Å². The van der Waals surface area contributed by atoms with Crippen molar-refractivity contribution in [2.75, 3.05) is 18.4 Å². The number of hydrogen-bond donors (Lipinski definition) is 3. The van der Waals surface area contributed by atoms with Crippen LogP contribution in [0, 0.1) is 12.8 Å². The van der Waals surface area contributed by atoms with Gasteiger partial charge in [-0.2, -0.15) is 5.10 Å². The number of carbonyl (C=O) groups excluding carboxylic acids is 1. The van der Waals surface area contributed by atoms with Crippen molar-refractivity contribution in [2.45, 2.75) is 32.6 Å². The minimum atomic E-state index is 0.0880. The molecule has 1 amide bonds. The van der Waals surface area contributed by atoms with Gasteiger partial charge in [0.25, 0.3) is 0 Å². The Labute approximate surface area is 136 Å². The number of carbonyl (C=O) groups is 1. The Morgan fingerprint density at radius 2 is 2.00 bits per heavy atom. The maximum atomic E-state index is 12.1. The van der Waals surface area contributed by atoms with Crippen LogP contribution in [0.4, 0.5) is 5.69 Å². The largest absolute Gasteiger partial charge is 0.326 e. The predicted molar refractivity (Wildman–Crippen MR) is 90.0 cm³/mol. The minimum absolute atomic E-state index is 0.0880. The summed E-state index contributed by atoms with van der Waals surface area (Å²) in [6.07, 6.45) is 3.92. The molecule has 0 saturated carbocycles. The van der Waals surface area contributed by atoms with Crippen LogP contribution in [0.2, 0.25) is 0 Å². The normalized spacial score (nSPS) is 15.5. The van der Waals surface area contributed by atoms with Crippen molar-refractivity contribution in [1.29, 1.82) is 0 Å². The molecule has 1 fully saturated rings. The number of rotatable bonds is 5. The van der Waals surface area contributed by atoms with Crippen molar-refractivity contribution in [3.05, 3.63) is 30.1 Å². The third-order valence-electron chi connectivity index (χ3n) is 4.26. The summed E-state index contributed by atoms with van der Waals surface area (Å²) in [5.74, 6) is 2.23. The fourth-order valence-corrected chi connectivity index (χ4v) is 2.90. The molecule has 1 aliphatic rings. The zero-order valence-electron chi connectivity index (χ0n) is 13.4. The lowest BCUT2D eigenvalue weighted by atomic mass is 9.93. The van der Waals surface area contributed by atoms with Crippen molar-refractivity contribution in [3.8, 4) is 11.4 Å². The van der Waals surface area contributed by atoms with Crippen molar-refractivity contribution >= 4 is 11.6 Å². The molecule has 1 aromatic carbocycles. The van der Waals surface area contributed by atoms with Crippen LogP contribution in [0.1, 0.15) is 31.5 Å². The van der Waals surface area contributed by atoms with Crippen LogP contribution in [0.5, 0.6) is 0 Å². The first-order chi connectivity index (χ1) is 11.2. The summed E-state index contributed by atoms with van der Waals surface area (Å²) in [5.41, 5.74) is 1.75. The fourth-order valence-electron chi connectivity index (χ4n) is 2.90. The first-order valence-electron chi connectivity index (χ1n) is 8.21. The minimum Gasteiger partial charge on any atom is -0.326 e. The Balaban J connectivity index is 1.50. The Kier molecular flexibility index (Phi) is 5.02. The maximum absolute atomic E-state index is 12.1. The number of amides is 1. The summed E-state index contributed by atoms with van der Waals surface area (Å²) in [6.45, 7) is 4.02. The van der Waals surface area contributed by atoms with Gasteiger partial charge in [-0.05, 0) is 69.5 Å². The van der Waals surface area contributed by atoms with Crippen molar-refractivity contribution in [1.82, 2.24) is 20.5 Å². The van der Waals surface area contributed by atoms with E-state index >= 15 is 0 Å². The zero-order chi connectivity index (χ0) is 16.1. The summed E-state index contributed by atoms with van der Waals surface area (Å²) >= 11 is 0. The number of aromatic nitrogens is 3. The average molecular weight is 313 g/mol. The highest BCUT2D eigenvalue weighted by Gasteiger charge is 2.14. The SMILES string of the molecule is Cc1nc(-c2ccc(NC(=O)CCC3CCNCC3)cc2)n[nH]1. The number of aryl methyl sites for hydroxylation is 1. The topological polar surface area (TPSA) is 82.7 Å². The van der Waals surface area contributed by atoms with Crippen LogP contribution in [-0.2, 0) is 4.79 Å². The second-order valence-corrected chi connectivity index (χ2v) is 6.10. The van der Waals surface area contributed by atoms with Crippen LogP contribution < -0.4 is 10.6 Å². The number of nitrogens with one attached hydrogen (secondary N) is 3. The third-order valence-corrected chi connectivity index (χ3v) is 4.26. The first kappa shape index (κ1) is 15.7. The van der Waals surface area contributed by atoms with Gasteiger partial charge < -0.3 is 10.6 Å². The maximum Gasteiger partial charge on any atom is 0.224 e. The number of aromatic amines is 1. The van der Waals surface area contributed by atoms with Crippen molar-refractivity contribution < 1.29 is 4.79 Å². The molecule has 6 heteroatoms.